The molecule has 2 rings (SSSR count). The number of benzene rings is 2. The molecule has 0 aliphatic rings. The van der Waals surface area contributed by atoms with Crippen LogP contribution in [0.2, 0.25) is 0 Å². The molecule has 164 valence electrons. The number of thiocarbonyl (C=S) groups is 1. The third kappa shape index (κ3) is 7.31. The summed E-state index contributed by atoms with van der Waals surface area (Å²) in [5.74, 6) is 0.703. The maximum absolute atomic E-state index is 12.4. The summed E-state index contributed by atoms with van der Waals surface area (Å²) in [5, 5.41) is 2.40. The molecular formula is C22H25N3O5S. The summed E-state index contributed by atoms with van der Waals surface area (Å²) in [5.41, 5.74) is 6.04. The molecule has 0 spiro atoms. The Morgan fingerprint density at radius 1 is 1.00 bits per heavy atom. The number of hydrogen-bond donors (Lipinski definition) is 3. The van der Waals surface area contributed by atoms with Gasteiger partial charge in [-0.1, -0.05) is 25.1 Å². The predicted octanol–water partition coefficient (Wildman–Crippen LogP) is 2.84. The highest BCUT2D eigenvalue weighted by Crippen LogP contribution is 2.27. The van der Waals surface area contributed by atoms with E-state index in [1.165, 1.54) is 13.2 Å². The lowest BCUT2D eigenvalue weighted by molar-refractivity contribution is -0.115. The molecule has 3 N–H and O–H groups in total. The van der Waals surface area contributed by atoms with Crippen molar-refractivity contribution in [2.45, 2.75) is 13.3 Å². The average Bonchev–Trinajstić information content (AvgIpc) is 2.79. The summed E-state index contributed by atoms with van der Waals surface area (Å²) >= 11 is 5.05. The number of hydrazine groups is 1. The van der Waals surface area contributed by atoms with Crippen LogP contribution in [0, 0.1) is 0 Å². The lowest BCUT2D eigenvalue weighted by atomic mass is 10.2. The van der Waals surface area contributed by atoms with Crippen LogP contribution in [-0.4, -0.2) is 37.8 Å². The Morgan fingerprint density at radius 3 is 2.45 bits per heavy atom. The number of carbonyl (C=O) groups is 2. The van der Waals surface area contributed by atoms with Gasteiger partial charge in [0, 0.05) is 6.08 Å². The number of amides is 2. The summed E-state index contributed by atoms with van der Waals surface area (Å²) in [6, 6.07) is 12.1. The van der Waals surface area contributed by atoms with Crippen LogP contribution in [0.3, 0.4) is 0 Å². The summed E-state index contributed by atoms with van der Waals surface area (Å²) in [6.07, 6.45) is 3.73. The molecular weight excluding hydrogens is 418 g/mol. The Bertz CT molecular complexity index is 962. The highest BCUT2D eigenvalue weighted by atomic mass is 32.1. The van der Waals surface area contributed by atoms with E-state index in [2.05, 4.69) is 16.2 Å². The fourth-order valence-electron chi connectivity index (χ4n) is 2.49. The van der Waals surface area contributed by atoms with E-state index >= 15 is 0 Å². The average molecular weight is 444 g/mol. The molecule has 0 aliphatic heterocycles. The van der Waals surface area contributed by atoms with Crippen molar-refractivity contribution in [1.82, 2.24) is 16.2 Å². The van der Waals surface area contributed by atoms with Crippen LogP contribution in [0.4, 0.5) is 0 Å². The number of carbonyl (C=O) groups excluding carboxylic acids is 2. The van der Waals surface area contributed by atoms with E-state index in [0.717, 1.165) is 12.0 Å². The van der Waals surface area contributed by atoms with Crippen molar-refractivity contribution in [3.8, 4) is 17.2 Å². The van der Waals surface area contributed by atoms with Crippen molar-refractivity contribution in [3.05, 3.63) is 59.7 Å². The Kier molecular flexibility index (Phi) is 9.31. The van der Waals surface area contributed by atoms with Crippen LogP contribution >= 0.6 is 12.2 Å². The van der Waals surface area contributed by atoms with Gasteiger partial charge in [-0.3, -0.25) is 25.8 Å². The number of rotatable bonds is 8. The van der Waals surface area contributed by atoms with E-state index in [-0.39, 0.29) is 5.11 Å². The second-order valence-electron chi connectivity index (χ2n) is 6.19. The molecule has 0 heterocycles. The molecule has 2 aromatic carbocycles. The van der Waals surface area contributed by atoms with Crippen LogP contribution < -0.4 is 30.4 Å². The van der Waals surface area contributed by atoms with Gasteiger partial charge in [-0.05, 0) is 54.5 Å². The molecule has 0 bridgehead atoms. The molecule has 0 aromatic heterocycles. The van der Waals surface area contributed by atoms with Gasteiger partial charge in [-0.25, -0.2) is 0 Å². The van der Waals surface area contributed by atoms with Crippen molar-refractivity contribution in [2.75, 3.05) is 20.8 Å². The normalized spacial score (nSPS) is 10.3. The lowest BCUT2D eigenvalue weighted by Gasteiger charge is -2.13. The number of nitrogens with one attached hydrogen (secondary N) is 3. The third-order valence-corrected chi connectivity index (χ3v) is 4.16. The smallest absolute Gasteiger partial charge is 0.273 e. The first-order valence-electron chi connectivity index (χ1n) is 9.51. The fraction of sp³-hybridized carbons (Fsp3) is 0.227. The summed E-state index contributed by atoms with van der Waals surface area (Å²) in [6.45, 7) is 2.48. The molecule has 0 atom stereocenters. The van der Waals surface area contributed by atoms with Crippen molar-refractivity contribution >= 4 is 35.2 Å². The van der Waals surface area contributed by atoms with Gasteiger partial charge in [0.1, 0.15) is 5.75 Å². The van der Waals surface area contributed by atoms with E-state index < -0.39 is 11.8 Å². The SMILES string of the molecule is CCCOc1ccccc1C(=O)NNC(=S)NC(=O)/C=C/c1ccc(OC)c(OC)c1. The first-order valence-corrected chi connectivity index (χ1v) is 9.92. The topological polar surface area (TPSA) is 97.9 Å². The van der Waals surface area contributed by atoms with E-state index in [0.29, 0.717) is 29.4 Å². The van der Waals surface area contributed by atoms with Gasteiger partial charge in [0.15, 0.2) is 16.6 Å². The quantitative estimate of drug-likeness (QED) is 0.328. The van der Waals surface area contributed by atoms with E-state index in [1.54, 1.807) is 55.7 Å². The van der Waals surface area contributed by atoms with Gasteiger partial charge in [0.2, 0.25) is 5.91 Å². The predicted molar refractivity (Wildman–Crippen MR) is 122 cm³/mol. The van der Waals surface area contributed by atoms with Crippen LogP contribution in [-0.2, 0) is 4.79 Å². The third-order valence-electron chi connectivity index (χ3n) is 3.95. The van der Waals surface area contributed by atoms with Gasteiger partial charge < -0.3 is 14.2 Å². The Hall–Kier alpha value is -3.59. The molecule has 0 saturated carbocycles. The zero-order chi connectivity index (χ0) is 22.6. The fourth-order valence-corrected chi connectivity index (χ4v) is 2.64. The minimum absolute atomic E-state index is 0.0535. The molecule has 0 saturated heterocycles. The summed E-state index contributed by atoms with van der Waals surface area (Å²) < 4.78 is 16.0. The first kappa shape index (κ1) is 23.7. The highest BCUT2D eigenvalue weighted by Gasteiger charge is 2.12. The van der Waals surface area contributed by atoms with Crippen molar-refractivity contribution in [1.29, 1.82) is 0 Å². The zero-order valence-electron chi connectivity index (χ0n) is 17.6. The van der Waals surface area contributed by atoms with Gasteiger partial charge in [-0.15, -0.1) is 0 Å². The van der Waals surface area contributed by atoms with Crippen LogP contribution in [0.15, 0.2) is 48.5 Å². The highest BCUT2D eigenvalue weighted by molar-refractivity contribution is 7.80. The minimum Gasteiger partial charge on any atom is -0.493 e. The number of methoxy groups -OCH3 is 2. The monoisotopic (exact) mass is 443 g/mol. The Morgan fingerprint density at radius 2 is 1.74 bits per heavy atom. The molecule has 2 aromatic rings. The standard InChI is InChI=1S/C22H25N3O5S/c1-4-13-30-17-8-6-5-7-16(17)21(27)24-25-22(31)23-20(26)12-10-15-9-11-18(28-2)19(14-15)29-3/h5-12,14H,4,13H2,1-3H3,(H,24,27)(H2,23,25,26,31)/b12-10+. The lowest BCUT2D eigenvalue weighted by Crippen LogP contribution is -2.48. The van der Waals surface area contributed by atoms with Crippen molar-refractivity contribution in [3.63, 3.8) is 0 Å². The number of para-hydroxylation sites is 1. The van der Waals surface area contributed by atoms with E-state index in [9.17, 15) is 9.59 Å². The molecule has 0 fully saturated rings. The molecule has 0 radical (unpaired) electrons. The van der Waals surface area contributed by atoms with Gasteiger partial charge >= 0.3 is 0 Å². The molecule has 8 nitrogen and oxygen atoms in total. The first-order chi connectivity index (χ1) is 15.0. The van der Waals surface area contributed by atoms with Gasteiger partial charge in [0.05, 0.1) is 26.4 Å². The number of ether oxygens (including phenoxy) is 3. The Labute approximate surface area is 186 Å². The maximum Gasteiger partial charge on any atom is 0.273 e. The minimum atomic E-state index is -0.465. The maximum atomic E-state index is 12.4. The summed E-state index contributed by atoms with van der Waals surface area (Å²) in [7, 11) is 3.08. The Balaban J connectivity index is 1.88. The van der Waals surface area contributed by atoms with Gasteiger partial charge in [-0.2, -0.15) is 0 Å². The van der Waals surface area contributed by atoms with Gasteiger partial charge in [0.25, 0.3) is 5.91 Å². The molecule has 2 amide bonds. The second-order valence-corrected chi connectivity index (χ2v) is 6.60. The second kappa shape index (κ2) is 12.2. The zero-order valence-corrected chi connectivity index (χ0v) is 18.4. The molecule has 31 heavy (non-hydrogen) atoms. The van der Waals surface area contributed by atoms with Crippen molar-refractivity contribution in [2.24, 2.45) is 0 Å². The number of hydrogen-bond acceptors (Lipinski definition) is 6. The van der Waals surface area contributed by atoms with E-state index in [4.69, 9.17) is 26.4 Å². The van der Waals surface area contributed by atoms with Crippen molar-refractivity contribution < 1.29 is 23.8 Å². The van der Waals surface area contributed by atoms with E-state index in [1.807, 2.05) is 6.92 Å². The molecule has 0 aliphatic carbocycles. The largest absolute Gasteiger partial charge is 0.493 e. The molecule has 0 unspecified atom stereocenters. The van der Waals surface area contributed by atoms with Crippen LogP contribution in [0.5, 0.6) is 17.2 Å². The molecule has 9 heteroatoms. The van der Waals surface area contributed by atoms with Crippen LogP contribution in [0.1, 0.15) is 29.3 Å². The van der Waals surface area contributed by atoms with Crippen LogP contribution in [0.25, 0.3) is 6.08 Å². The summed E-state index contributed by atoms with van der Waals surface area (Å²) in [4.78, 5) is 24.5.